The van der Waals surface area contributed by atoms with Crippen molar-refractivity contribution < 1.29 is 18.3 Å². The van der Waals surface area contributed by atoms with Gasteiger partial charge in [-0.05, 0) is 85.2 Å². The maximum Gasteiger partial charge on any atom is 0.319 e. The third kappa shape index (κ3) is 5.46. The van der Waals surface area contributed by atoms with Gasteiger partial charge in [0.1, 0.15) is 23.1 Å². The number of anilines is 1. The number of aromatic nitrogens is 3. The Hall–Kier alpha value is -4.06. The lowest BCUT2D eigenvalue weighted by Crippen LogP contribution is -2.43. The molecule has 6 heterocycles. The molecule has 0 amide bonds. The number of aliphatic imine (C=N–C) groups is 1. The quantitative estimate of drug-likeness (QED) is 0.162. The molecule has 5 aromatic rings. The summed E-state index contributed by atoms with van der Waals surface area (Å²) in [6.07, 6.45) is 8.55. The molecule has 0 spiro atoms. The number of aryl methyl sites for hydroxylation is 2. The van der Waals surface area contributed by atoms with E-state index >= 15 is 4.39 Å². The number of hydrogen-bond donors (Lipinski definition) is 0. The molecule has 0 saturated carbocycles. The van der Waals surface area contributed by atoms with E-state index in [-0.39, 0.29) is 11.4 Å². The zero-order valence-electron chi connectivity index (χ0n) is 28.2. The minimum atomic E-state index is -0.236. The zero-order valence-corrected chi connectivity index (χ0v) is 29.0. The first-order valence-corrected chi connectivity index (χ1v) is 18.0. The molecule has 8 nitrogen and oxygen atoms in total. The number of thiophene rings is 1. The molecule has 8 rings (SSSR count). The molecule has 0 radical (unpaired) electrons. The maximum absolute atomic E-state index is 15.4. The fraction of sp³-hybridized carbons (Fsp3) is 0.421. The average Bonchev–Trinajstić information content (AvgIpc) is 3.70. The smallest absolute Gasteiger partial charge is 0.319 e. The highest BCUT2D eigenvalue weighted by Gasteiger charge is 2.47. The minimum absolute atomic E-state index is 0.224. The van der Waals surface area contributed by atoms with Crippen LogP contribution in [0.2, 0.25) is 0 Å². The van der Waals surface area contributed by atoms with Crippen LogP contribution in [0.3, 0.4) is 0 Å². The summed E-state index contributed by atoms with van der Waals surface area (Å²) in [6.45, 7) is 8.83. The predicted octanol–water partition coefficient (Wildman–Crippen LogP) is 7.82. The molecule has 49 heavy (non-hydrogen) atoms. The molecule has 3 aliphatic rings. The van der Waals surface area contributed by atoms with E-state index in [1.165, 1.54) is 0 Å². The maximum atomic E-state index is 15.4. The van der Waals surface area contributed by atoms with Crippen LogP contribution in [0.1, 0.15) is 49.3 Å². The lowest BCUT2D eigenvalue weighted by Gasteiger charge is -2.31. The van der Waals surface area contributed by atoms with Crippen molar-refractivity contribution in [3.8, 4) is 17.3 Å². The Kier molecular flexibility index (Phi) is 8.53. The summed E-state index contributed by atoms with van der Waals surface area (Å²) in [6, 6.07) is 7.88. The molecule has 3 saturated heterocycles. The van der Waals surface area contributed by atoms with Crippen LogP contribution in [0, 0.1) is 12.7 Å². The largest absolute Gasteiger partial charge is 0.461 e. The second-order valence-corrected chi connectivity index (χ2v) is 14.4. The SMILES string of the molecule is CCc1c(F)ccc2cc(C)c(C=NC)c(-c3nccc4c3sc3nc(OC[C@@]56CCCN5C/C(=C\F)C6)nc(N5CCCOCC5)c34)c12. The van der Waals surface area contributed by atoms with Gasteiger partial charge in [-0.15, -0.1) is 11.3 Å². The van der Waals surface area contributed by atoms with Gasteiger partial charge in [0, 0.05) is 62.2 Å². The van der Waals surface area contributed by atoms with Gasteiger partial charge in [-0.2, -0.15) is 9.97 Å². The van der Waals surface area contributed by atoms with Crippen LogP contribution in [-0.2, 0) is 11.2 Å². The van der Waals surface area contributed by atoms with Crippen LogP contribution < -0.4 is 9.64 Å². The molecule has 1 atom stereocenters. The molecule has 3 aliphatic heterocycles. The summed E-state index contributed by atoms with van der Waals surface area (Å²) in [5.41, 5.74) is 4.86. The van der Waals surface area contributed by atoms with E-state index < -0.39 is 0 Å². The van der Waals surface area contributed by atoms with Crippen molar-refractivity contribution in [1.29, 1.82) is 0 Å². The highest BCUT2D eigenvalue weighted by atomic mass is 32.1. The Labute approximate surface area is 288 Å². The lowest BCUT2D eigenvalue weighted by atomic mass is 9.89. The third-order valence-corrected chi connectivity index (χ3v) is 11.6. The zero-order chi connectivity index (χ0) is 33.7. The molecule has 0 aliphatic carbocycles. The molecule has 254 valence electrons. The first kappa shape index (κ1) is 32.2. The van der Waals surface area contributed by atoms with Crippen molar-refractivity contribution in [3.63, 3.8) is 0 Å². The molecule has 0 unspecified atom stereocenters. The van der Waals surface area contributed by atoms with E-state index in [0.717, 1.165) is 104 Å². The second kappa shape index (κ2) is 13.0. The summed E-state index contributed by atoms with van der Waals surface area (Å²) < 4.78 is 42.3. The van der Waals surface area contributed by atoms with E-state index in [9.17, 15) is 4.39 Å². The molecule has 11 heteroatoms. The molecular weight excluding hydrogens is 643 g/mol. The monoisotopic (exact) mass is 682 g/mol. The van der Waals surface area contributed by atoms with E-state index in [1.54, 1.807) is 24.5 Å². The topological polar surface area (TPSA) is 76.0 Å². The van der Waals surface area contributed by atoms with Crippen LogP contribution in [0.4, 0.5) is 14.6 Å². The fourth-order valence-electron chi connectivity index (χ4n) is 8.23. The fourth-order valence-corrected chi connectivity index (χ4v) is 9.38. The Morgan fingerprint density at radius 3 is 2.86 bits per heavy atom. The number of benzene rings is 2. The van der Waals surface area contributed by atoms with Gasteiger partial charge >= 0.3 is 6.01 Å². The van der Waals surface area contributed by atoms with Crippen molar-refractivity contribution in [1.82, 2.24) is 19.9 Å². The lowest BCUT2D eigenvalue weighted by molar-refractivity contribution is 0.108. The second-order valence-electron chi connectivity index (χ2n) is 13.4. The molecule has 2 aromatic carbocycles. The summed E-state index contributed by atoms with van der Waals surface area (Å²) in [7, 11) is 1.76. The van der Waals surface area contributed by atoms with Gasteiger partial charge in [0.15, 0.2) is 0 Å². The predicted molar refractivity (Wildman–Crippen MR) is 194 cm³/mol. The van der Waals surface area contributed by atoms with E-state index in [1.807, 2.05) is 31.5 Å². The van der Waals surface area contributed by atoms with Crippen molar-refractivity contribution in [2.45, 2.75) is 51.5 Å². The van der Waals surface area contributed by atoms with Crippen molar-refractivity contribution in [2.24, 2.45) is 4.99 Å². The number of fused-ring (bicyclic) bond motifs is 5. The van der Waals surface area contributed by atoms with E-state index in [0.29, 0.717) is 57.3 Å². The first-order valence-electron chi connectivity index (χ1n) is 17.2. The molecule has 0 N–H and O–H groups in total. The number of hydrogen-bond acceptors (Lipinski definition) is 9. The summed E-state index contributed by atoms with van der Waals surface area (Å²) in [4.78, 5) is 25.0. The van der Waals surface area contributed by atoms with Crippen LogP contribution in [0.25, 0.3) is 42.3 Å². The first-order chi connectivity index (χ1) is 23.9. The van der Waals surface area contributed by atoms with Crippen molar-refractivity contribution >= 4 is 54.4 Å². The van der Waals surface area contributed by atoms with Gasteiger partial charge in [-0.1, -0.05) is 19.1 Å². The molecule has 3 fully saturated rings. The Balaban J connectivity index is 1.34. The number of nitrogens with zero attached hydrogens (tertiary/aromatic N) is 6. The number of pyridine rings is 1. The van der Waals surface area contributed by atoms with E-state index in [2.05, 4.69) is 27.8 Å². The van der Waals surface area contributed by atoms with Crippen LogP contribution in [-0.4, -0.2) is 84.7 Å². The molecular formula is C38H40F2N6O2S. The average molecular weight is 683 g/mol. The Bertz CT molecular complexity index is 2140. The van der Waals surface area contributed by atoms with Gasteiger partial charge in [0.25, 0.3) is 0 Å². The number of halogens is 2. The number of ether oxygens (including phenoxy) is 2. The van der Waals surface area contributed by atoms with Crippen LogP contribution in [0.5, 0.6) is 6.01 Å². The summed E-state index contributed by atoms with van der Waals surface area (Å²) in [5, 5.41) is 3.78. The Morgan fingerprint density at radius 1 is 1.12 bits per heavy atom. The van der Waals surface area contributed by atoms with E-state index in [4.69, 9.17) is 24.4 Å². The summed E-state index contributed by atoms with van der Waals surface area (Å²) >= 11 is 1.56. The minimum Gasteiger partial charge on any atom is -0.461 e. The third-order valence-electron chi connectivity index (χ3n) is 10.5. The Morgan fingerprint density at radius 2 is 2.02 bits per heavy atom. The van der Waals surface area contributed by atoms with Gasteiger partial charge in [0.2, 0.25) is 0 Å². The highest BCUT2D eigenvalue weighted by molar-refractivity contribution is 7.26. The highest BCUT2D eigenvalue weighted by Crippen LogP contribution is 2.46. The standard InChI is InChI=1S/C38H40F2N6O2S/c1-4-26-29(40)8-7-25-17-23(2)28(20-41-3)31(30(25)26)33-34-27(9-11-42-33)32-35(45-12-6-15-47-16-14-45)43-37(44-36(32)49-34)48-22-38-10-5-13-46(38)21-24(18-38)19-39/h7-9,11,17,19-20H,4-6,10,12-16,18,21-22H2,1-3H3/b24-19-,41-20?/t38-/m0/s1. The van der Waals surface area contributed by atoms with Gasteiger partial charge < -0.3 is 14.4 Å². The number of rotatable bonds is 7. The van der Waals surface area contributed by atoms with Crippen LogP contribution >= 0.6 is 11.3 Å². The van der Waals surface area contributed by atoms with Crippen molar-refractivity contribution in [3.05, 3.63) is 64.9 Å². The normalized spacial score (nSPS) is 21.2. The molecule has 3 aromatic heterocycles. The molecule has 0 bridgehead atoms. The summed E-state index contributed by atoms with van der Waals surface area (Å²) in [5.74, 6) is 0.591. The van der Waals surface area contributed by atoms with Crippen LogP contribution in [0.15, 0.2) is 47.4 Å². The van der Waals surface area contributed by atoms with Crippen molar-refractivity contribution in [2.75, 3.05) is 57.9 Å². The van der Waals surface area contributed by atoms with Gasteiger partial charge in [0.05, 0.1) is 34.3 Å². The van der Waals surface area contributed by atoms with Gasteiger partial charge in [-0.25, -0.2) is 8.78 Å². The van der Waals surface area contributed by atoms with Gasteiger partial charge in [-0.3, -0.25) is 14.9 Å².